The number of rotatable bonds is 2. The van der Waals surface area contributed by atoms with Gasteiger partial charge in [0.25, 0.3) is 0 Å². The maximum Gasteiger partial charge on any atom is 0.159 e. The van der Waals surface area contributed by atoms with Crippen molar-refractivity contribution in [2.45, 2.75) is 44.1 Å². The first kappa shape index (κ1) is 12.8. The highest BCUT2D eigenvalue weighted by Gasteiger charge is 2.60. The molecule has 5 atom stereocenters. The third kappa shape index (κ3) is 1.75. The molecule has 2 bridgehead atoms. The van der Waals surface area contributed by atoms with Gasteiger partial charge in [0.1, 0.15) is 0 Å². The van der Waals surface area contributed by atoms with Crippen molar-refractivity contribution in [3.8, 4) is 0 Å². The van der Waals surface area contributed by atoms with Gasteiger partial charge in [-0.15, -0.1) is 0 Å². The van der Waals surface area contributed by atoms with Crippen molar-refractivity contribution in [1.29, 1.82) is 0 Å². The maximum absolute atomic E-state index is 13.3. The molecule has 3 aliphatic carbocycles. The van der Waals surface area contributed by atoms with Crippen molar-refractivity contribution < 1.29 is 13.9 Å². The van der Waals surface area contributed by atoms with Crippen molar-refractivity contribution in [3.05, 3.63) is 35.4 Å². The maximum atomic E-state index is 13.3. The van der Waals surface area contributed by atoms with Gasteiger partial charge >= 0.3 is 0 Å². The van der Waals surface area contributed by atoms with Crippen LogP contribution in [0.25, 0.3) is 0 Å². The van der Waals surface area contributed by atoms with Crippen LogP contribution < -0.4 is 0 Å². The number of hydrogen-bond acceptors (Lipinski definition) is 1. The minimum atomic E-state index is -0.815. The lowest BCUT2D eigenvalue weighted by molar-refractivity contribution is -0.0450. The highest BCUT2D eigenvalue weighted by Crippen LogP contribution is 2.62. The van der Waals surface area contributed by atoms with Gasteiger partial charge in [0.15, 0.2) is 11.6 Å². The second-order valence-electron chi connectivity index (χ2n) is 7.09. The topological polar surface area (TPSA) is 20.2 Å². The Balaban J connectivity index is 1.58. The molecule has 1 aromatic rings. The van der Waals surface area contributed by atoms with E-state index in [1.807, 2.05) is 0 Å². The van der Waals surface area contributed by atoms with E-state index in [0.29, 0.717) is 29.7 Å². The zero-order valence-electron chi connectivity index (χ0n) is 11.5. The van der Waals surface area contributed by atoms with Gasteiger partial charge in [0.2, 0.25) is 0 Å². The minimum Gasteiger partial charge on any atom is -0.389 e. The SMILES string of the molecule is OC1(Cc2ccc(F)c(F)c2)CC2CC1C1CCCC21. The van der Waals surface area contributed by atoms with Crippen LogP contribution >= 0.6 is 0 Å². The first-order valence-corrected chi connectivity index (χ1v) is 7.73. The molecule has 3 saturated carbocycles. The summed E-state index contributed by atoms with van der Waals surface area (Å²) in [5, 5.41) is 11.0. The summed E-state index contributed by atoms with van der Waals surface area (Å²) < 4.78 is 26.3. The molecule has 1 N–H and O–H groups in total. The lowest BCUT2D eigenvalue weighted by Crippen LogP contribution is -2.43. The Morgan fingerprint density at radius 2 is 1.95 bits per heavy atom. The molecular formula is C17H20F2O. The standard InChI is InChI=1S/C17H20F2O/c18-15-5-4-10(6-16(15)19)8-17(20)9-11-7-14(17)13-3-1-2-12(11)13/h4-6,11-14,20H,1-3,7-9H2. The predicted octanol–water partition coefficient (Wildman–Crippen LogP) is 3.69. The van der Waals surface area contributed by atoms with Gasteiger partial charge in [-0.2, -0.15) is 0 Å². The Morgan fingerprint density at radius 3 is 2.75 bits per heavy atom. The number of fused-ring (bicyclic) bond motifs is 5. The molecule has 0 aliphatic heterocycles. The monoisotopic (exact) mass is 278 g/mol. The number of aliphatic hydroxyl groups is 1. The fourth-order valence-electron chi connectivity index (χ4n) is 5.44. The van der Waals surface area contributed by atoms with E-state index in [0.717, 1.165) is 18.8 Å². The van der Waals surface area contributed by atoms with Crippen LogP contribution in [0.1, 0.15) is 37.7 Å². The molecule has 0 spiro atoms. The molecule has 3 fully saturated rings. The zero-order valence-corrected chi connectivity index (χ0v) is 11.5. The van der Waals surface area contributed by atoms with Crippen LogP contribution in [0.4, 0.5) is 8.78 Å². The van der Waals surface area contributed by atoms with Crippen molar-refractivity contribution in [1.82, 2.24) is 0 Å². The van der Waals surface area contributed by atoms with E-state index in [1.165, 1.54) is 31.4 Å². The molecule has 3 aliphatic rings. The van der Waals surface area contributed by atoms with Crippen LogP contribution in [0.3, 0.4) is 0 Å². The average Bonchev–Trinajstić information content (AvgIpc) is 3.04. The van der Waals surface area contributed by atoms with Gasteiger partial charge in [-0.3, -0.25) is 0 Å². The molecule has 0 saturated heterocycles. The van der Waals surface area contributed by atoms with Crippen LogP contribution in [0.2, 0.25) is 0 Å². The lowest BCUT2D eigenvalue weighted by atomic mass is 9.71. The van der Waals surface area contributed by atoms with Crippen molar-refractivity contribution >= 4 is 0 Å². The number of halogens is 2. The Hall–Kier alpha value is -0.960. The summed E-state index contributed by atoms with van der Waals surface area (Å²) in [6, 6.07) is 4.01. The molecule has 20 heavy (non-hydrogen) atoms. The lowest BCUT2D eigenvalue weighted by Gasteiger charge is -2.39. The molecular weight excluding hydrogens is 258 g/mol. The summed E-state index contributed by atoms with van der Waals surface area (Å²) in [5.74, 6) is 0.891. The van der Waals surface area contributed by atoms with Crippen LogP contribution in [-0.2, 0) is 6.42 Å². The summed E-state index contributed by atoms with van der Waals surface area (Å²) in [6.45, 7) is 0. The average molecular weight is 278 g/mol. The van der Waals surface area contributed by atoms with Gasteiger partial charge in [-0.1, -0.05) is 12.5 Å². The van der Waals surface area contributed by atoms with Crippen LogP contribution in [0.5, 0.6) is 0 Å². The normalized spacial score (nSPS) is 42.1. The zero-order chi connectivity index (χ0) is 13.9. The van der Waals surface area contributed by atoms with E-state index in [9.17, 15) is 13.9 Å². The van der Waals surface area contributed by atoms with E-state index in [1.54, 1.807) is 6.07 Å². The van der Waals surface area contributed by atoms with Crippen LogP contribution in [0.15, 0.2) is 18.2 Å². The third-order valence-corrected chi connectivity index (χ3v) is 6.10. The fraction of sp³-hybridized carbons (Fsp3) is 0.647. The van der Waals surface area contributed by atoms with Gasteiger partial charge < -0.3 is 5.11 Å². The molecule has 0 aromatic heterocycles. The van der Waals surface area contributed by atoms with Crippen LogP contribution in [-0.4, -0.2) is 10.7 Å². The van der Waals surface area contributed by atoms with Crippen molar-refractivity contribution in [2.75, 3.05) is 0 Å². The molecule has 108 valence electrons. The number of hydrogen-bond donors (Lipinski definition) is 1. The second-order valence-corrected chi connectivity index (χ2v) is 7.09. The highest BCUT2D eigenvalue weighted by molar-refractivity contribution is 5.22. The van der Waals surface area contributed by atoms with Gasteiger partial charge in [0, 0.05) is 6.42 Å². The first-order valence-electron chi connectivity index (χ1n) is 7.73. The van der Waals surface area contributed by atoms with E-state index >= 15 is 0 Å². The fourth-order valence-corrected chi connectivity index (χ4v) is 5.44. The highest BCUT2D eigenvalue weighted by atomic mass is 19.2. The molecule has 0 radical (unpaired) electrons. The van der Waals surface area contributed by atoms with E-state index in [-0.39, 0.29) is 0 Å². The van der Waals surface area contributed by atoms with Gasteiger partial charge in [-0.05, 0) is 67.1 Å². The second kappa shape index (κ2) is 4.27. The van der Waals surface area contributed by atoms with Gasteiger partial charge in [-0.25, -0.2) is 8.78 Å². The Morgan fingerprint density at radius 1 is 1.15 bits per heavy atom. The molecule has 0 heterocycles. The number of benzene rings is 1. The Labute approximate surface area is 118 Å². The minimum absolute atomic E-state index is 0.369. The third-order valence-electron chi connectivity index (χ3n) is 6.10. The van der Waals surface area contributed by atoms with Crippen molar-refractivity contribution in [2.24, 2.45) is 23.7 Å². The van der Waals surface area contributed by atoms with Crippen molar-refractivity contribution in [3.63, 3.8) is 0 Å². The quantitative estimate of drug-likeness (QED) is 0.874. The van der Waals surface area contributed by atoms with Gasteiger partial charge in [0.05, 0.1) is 5.60 Å². The molecule has 4 rings (SSSR count). The molecule has 1 aromatic carbocycles. The summed E-state index contributed by atoms with van der Waals surface area (Å²) in [7, 11) is 0. The van der Waals surface area contributed by atoms with Crippen LogP contribution in [0, 0.1) is 35.3 Å². The summed E-state index contributed by atoms with van der Waals surface area (Å²) in [4.78, 5) is 0. The van der Waals surface area contributed by atoms with E-state index in [2.05, 4.69) is 0 Å². The molecule has 0 amide bonds. The van der Waals surface area contributed by atoms with E-state index in [4.69, 9.17) is 0 Å². The van der Waals surface area contributed by atoms with E-state index < -0.39 is 17.2 Å². The summed E-state index contributed by atoms with van der Waals surface area (Å²) in [5.41, 5.74) is 0.0222. The Bertz CT molecular complexity index is 544. The summed E-state index contributed by atoms with van der Waals surface area (Å²) in [6.07, 6.45) is 6.31. The Kier molecular flexibility index (Phi) is 2.72. The largest absolute Gasteiger partial charge is 0.389 e. The smallest absolute Gasteiger partial charge is 0.159 e. The first-order chi connectivity index (χ1) is 9.57. The molecule has 3 heteroatoms. The molecule has 1 nitrogen and oxygen atoms in total. The molecule has 5 unspecified atom stereocenters. The predicted molar refractivity (Wildman–Crippen MR) is 72.1 cm³/mol. The summed E-state index contributed by atoms with van der Waals surface area (Å²) >= 11 is 0.